The van der Waals surface area contributed by atoms with Crippen molar-refractivity contribution in [2.75, 3.05) is 0 Å². The van der Waals surface area contributed by atoms with E-state index in [-0.39, 0.29) is 0 Å². The Morgan fingerprint density at radius 2 is 0.595 bits per heavy atom. The Labute approximate surface area is 250 Å². The first-order valence-corrected chi connectivity index (χ1v) is 14.7. The molecule has 0 spiro atoms. The van der Waals surface area contributed by atoms with Crippen LogP contribution in [-0.2, 0) is 0 Å². The van der Waals surface area contributed by atoms with Gasteiger partial charge in [0.25, 0.3) is 0 Å². The monoisotopic (exact) mass is 540 g/mol. The molecule has 0 heteroatoms. The van der Waals surface area contributed by atoms with E-state index in [0.29, 0.717) is 0 Å². The van der Waals surface area contributed by atoms with Crippen LogP contribution < -0.4 is 0 Å². The predicted octanol–water partition coefficient (Wildman–Crippen LogP) is 11.3. The largest absolute Gasteiger partial charge is 0.0587 e. The molecule has 6 rings (SSSR count). The van der Waals surface area contributed by atoms with E-state index in [1.807, 2.05) is 0 Å². The van der Waals surface area contributed by atoms with E-state index in [1.165, 1.54) is 77.6 Å². The Bertz CT molecular complexity index is 1660. The molecule has 6 aromatic carbocycles. The molecule has 0 N–H and O–H groups in total. The fourth-order valence-electron chi connectivity index (χ4n) is 5.39. The summed E-state index contributed by atoms with van der Waals surface area (Å²) in [6.07, 6.45) is 4.63. The van der Waals surface area contributed by atoms with Gasteiger partial charge in [0, 0.05) is 0 Å². The molecular formula is C42H36. The molecule has 0 aliphatic carbocycles. The molecule has 0 amide bonds. The zero-order valence-electron chi connectivity index (χ0n) is 24.9. The molecule has 6 aromatic rings. The molecule has 0 aliphatic heterocycles. The SMILES string of the molecule is Cc1ccc(C(=Cc2ccc3cc(C=C(c4ccc(C)cc4)c4ccc(C)cc4)ccc3c2)c2ccc(C)cc2)cc1. The average Bonchev–Trinajstić information content (AvgIpc) is 3.01. The summed E-state index contributed by atoms with van der Waals surface area (Å²) in [5.74, 6) is 0. The van der Waals surface area contributed by atoms with Gasteiger partial charge in [0.15, 0.2) is 0 Å². The zero-order valence-corrected chi connectivity index (χ0v) is 24.9. The minimum absolute atomic E-state index is 1.20. The molecule has 0 heterocycles. The summed E-state index contributed by atoms with van der Waals surface area (Å²) in [7, 11) is 0. The summed E-state index contributed by atoms with van der Waals surface area (Å²) >= 11 is 0. The van der Waals surface area contributed by atoms with Crippen LogP contribution in [0.1, 0.15) is 55.6 Å². The Kier molecular flexibility index (Phi) is 7.71. The van der Waals surface area contributed by atoms with Crippen LogP contribution >= 0.6 is 0 Å². The van der Waals surface area contributed by atoms with Crippen LogP contribution in [0, 0.1) is 27.7 Å². The smallest absolute Gasteiger partial charge is 0.0105 e. The number of aryl methyl sites for hydroxylation is 4. The molecule has 0 bridgehead atoms. The van der Waals surface area contributed by atoms with Crippen molar-refractivity contribution in [3.63, 3.8) is 0 Å². The van der Waals surface area contributed by atoms with Crippen LogP contribution in [0.4, 0.5) is 0 Å². The molecule has 0 atom stereocenters. The fraction of sp³-hybridized carbons (Fsp3) is 0.0952. The second-order valence-corrected chi connectivity index (χ2v) is 11.4. The first-order valence-electron chi connectivity index (χ1n) is 14.7. The van der Waals surface area contributed by atoms with E-state index in [1.54, 1.807) is 0 Å². The van der Waals surface area contributed by atoms with E-state index in [2.05, 4.69) is 173 Å². The van der Waals surface area contributed by atoms with Gasteiger partial charge in [-0.1, -0.05) is 144 Å². The van der Waals surface area contributed by atoms with Gasteiger partial charge >= 0.3 is 0 Å². The van der Waals surface area contributed by atoms with E-state index in [9.17, 15) is 0 Å². The zero-order chi connectivity index (χ0) is 29.1. The lowest BCUT2D eigenvalue weighted by molar-refractivity contribution is 1.43. The van der Waals surface area contributed by atoms with Crippen molar-refractivity contribution in [3.05, 3.63) is 189 Å². The number of hydrogen-bond acceptors (Lipinski definition) is 0. The van der Waals surface area contributed by atoms with Gasteiger partial charge in [-0.25, -0.2) is 0 Å². The lowest BCUT2D eigenvalue weighted by atomic mass is 9.93. The molecular weight excluding hydrogens is 504 g/mol. The quantitative estimate of drug-likeness (QED) is 0.184. The third-order valence-corrected chi connectivity index (χ3v) is 7.96. The summed E-state index contributed by atoms with van der Waals surface area (Å²) < 4.78 is 0. The maximum Gasteiger partial charge on any atom is -0.0105 e. The minimum atomic E-state index is 1.20. The number of rotatable bonds is 6. The number of benzene rings is 6. The maximum absolute atomic E-state index is 2.31. The maximum atomic E-state index is 2.31. The highest BCUT2D eigenvalue weighted by molar-refractivity contribution is 5.96. The molecule has 0 aromatic heterocycles. The molecule has 0 radical (unpaired) electrons. The van der Waals surface area contributed by atoms with Crippen molar-refractivity contribution in [2.24, 2.45) is 0 Å². The highest BCUT2D eigenvalue weighted by Crippen LogP contribution is 2.30. The van der Waals surface area contributed by atoms with Crippen molar-refractivity contribution in [3.8, 4) is 0 Å². The van der Waals surface area contributed by atoms with Crippen molar-refractivity contribution in [1.82, 2.24) is 0 Å². The van der Waals surface area contributed by atoms with Crippen LogP contribution in [-0.4, -0.2) is 0 Å². The van der Waals surface area contributed by atoms with Crippen LogP contribution in [0.2, 0.25) is 0 Å². The van der Waals surface area contributed by atoms with E-state index < -0.39 is 0 Å². The lowest BCUT2D eigenvalue weighted by Gasteiger charge is -2.12. The van der Waals surface area contributed by atoms with Gasteiger partial charge in [-0.2, -0.15) is 0 Å². The summed E-state index contributed by atoms with van der Waals surface area (Å²) in [4.78, 5) is 0. The lowest BCUT2D eigenvalue weighted by Crippen LogP contribution is -1.90. The van der Waals surface area contributed by atoms with Gasteiger partial charge in [0.05, 0.1) is 0 Å². The highest BCUT2D eigenvalue weighted by atomic mass is 14.1. The molecule has 204 valence electrons. The first-order chi connectivity index (χ1) is 20.4. The normalized spacial score (nSPS) is 10.9. The van der Waals surface area contributed by atoms with Gasteiger partial charge in [0.2, 0.25) is 0 Å². The third-order valence-electron chi connectivity index (χ3n) is 7.96. The summed E-state index contributed by atoms with van der Waals surface area (Å²) in [5.41, 5.74) is 14.8. The molecule has 42 heavy (non-hydrogen) atoms. The highest BCUT2D eigenvalue weighted by Gasteiger charge is 2.08. The van der Waals surface area contributed by atoms with Crippen LogP contribution in [0.3, 0.4) is 0 Å². The Morgan fingerprint density at radius 1 is 0.333 bits per heavy atom. The molecule has 0 fully saturated rings. The minimum Gasteiger partial charge on any atom is -0.0587 e. The number of hydrogen-bond donors (Lipinski definition) is 0. The van der Waals surface area contributed by atoms with E-state index >= 15 is 0 Å². The Balaban J connectivity index is 1.39. The Hall–Kier alpha value is -4.94. The van der Waals surface area contributed by atoms with Crippen molar-refractivity contribution < 1.29 is 0 Å². The first kappa shape index (κ1) is 27.2. The molecule has 0 saturated heterocycles. The molecule has 0 unspecified atom stereocenters. The van der Waals surface area contributed by atoms with Crippen LogP contribution in [0.15, 0.2) is 133 Å². The van der Waals surface area contributed by atoms with Crippen molar-refractivity contribution in [2.45, 2.75) is 27.7 Å². The summed E-state index contributed by atoms with van der Waals surface area (Å²) in [6, 6.07) is 48.9. The summed E-state index contributed by atoms with van der Waals surface area (Å²) in [6.45, 7) is 8.54. The van der Waals surface area contributed by atoms with E-state index in [4.69, 9.17) is 0 Å². The standard InChI is InChI=1S/C42H36/c1-29-5-15-35(16-6-29)41(36-17-7-30(2)8-18-36)27-33-13-23-40-26-34(14-24-39(40)25-33)28-42(37-19-9-31(3)10-20-37)38-21-11-32(4)12-22-38/h5-28H,1-4H3. The fourth-order valence-corrected chi connectivity index (χ4v) is 5.39. The van der Waals surface area contributed by atoms with Gasteiger partial charge in [-0.15, -0.1) is 0 Å². The van der Waals surface area contributed by atoms with Crippen molar-refractivity contribution >= 4 is 34.1 Å². The van der Waals surface area contributed by atoms with Crippen LogP contribution in [0.5, 0.6) is 0 Å². The second-order valence-electron chi connectivity index (χ2n) is 11.4. The third kappa shape index (κ3) is 6.19. The summed E-state index contributed by atoms with van der Waals surface area (Å²) in [5, 5.41) is 2.47. The number of fused-ring (bicyclic) bond motifs is 1. The topological polar surface area (TPSA) is 0 Å². The Morgan fingerprint density at radius 3 is 0.857 bits per heavy atom. The van der Waals surface area contributed by atoms with Crippen LogP contribution in [0.25, 0.3) is 34.1 Å². The van der Waals surface area contributed by atoms with Gasteiger partial charge in [-0.05, 0) is 107 Å². The second kappa shape index (κ2) is 11.9. The molecule has 0 aliphatic rings. The molecule has 0 saturated carbocycles. The van der Waals surface area contributed by atoms with Gasteiger partial charge in [0.1, 0.15) is 0 Å². The van der Waals surface area contributed by atoms with E-state index in [0.717, 1.165) is 0 Å². The van der Waals surface area contributed by atoms with Gasteiger partial charge < -0.3 is 0 Å². The molecule has 0 nitrogen and oxygen atoms in total. The van der Waals surface area contributed by atoms with Gasteiger partial charge in [-0.3, -0.25) is 0 Å². The predicted molar refractivity (Wildman–Crippen MR) is 183 cm³/mol. The van der Waals surface area contributed by atoms with Crippen molar-refractivity contribution in [1.29, 1.82) is 0 Å². The average molecular weight is 541 g/mol.